The average Bonchev–Trinajstić information content (AvgIpc) is 2.94. The number of hydrogen-bond acceptors (Lipinski definition) is 2. The molecule has 1 aromatic carbocycles. The largest absolute Gasteiger partial charge is 0.340 e. The van der Waals surface area contributed by atoms with Crippen molar-refractivity contribution in [2.24, 2.45) is 5.73 Å². The second-order valence-electron chi connectivity index (χ2n) is 5.86. The summed E-state index contributed by atoms with van der Waals surface area (Å²) in [6, 6.07) is 12.3. The van der Waals surface area contributed by atoms with Gasteiger partial charge in [-0.05, 0) is 47.8 Å². The zero-order chi connectivity index (χ0) is 16.8. The van der Waals surface area contributed by atoms with Crippen molar-refractivity contribution < 1.29 is 4.79 Å². The average molecular weight is 378 g/mol. The Morgan fingerprint density at radius 1 is 1.26 bits per heavy atom. The van der Waals surface area contributed by atoms with Gasteiger partial charge < -0.3 is 15.2 Å². The Hall–Kier alpha value is -1.59. The smallest absolute Gasteiger partial charge is 0.270 e. The molecule has 0 saturated carbocycles. The first-order valence-corrected chi connectivity index (χ1v) is 8.73. The topological polar surface area (TPSA) is 51.3 Å². The molecule has 2 N–H and O–H groups in total. The number of benzene rings is 1. The molecule has 1 aromatic heterocycles. The van der Waals surface area contributed by atoms with Crippen LogP contribution in [-0.2, 0) is 6.42 Å². The van der Waals surface area contributed by atoms with Crippen LogP contribution in [0.1, 0.15) is 35.9 Å². The van der Waals surface area contributed by atoms with Gasteiger partial charge in [0.05, 0.1) is 0 Å². The lowest BCUT2D eigenvalue weighted by Crippen LogP contribution is -2.38. The molecule has 2 aromatic rings. The molecule has 0 spiro atoms. The molecule has 0 aliphatic rings. The van der Waals surface area contributed by atoms with Gasteiger partial charge in [-0.1, -0.05) is 30.3 Å². The minimum absolute atomic E-state index is 0.0331. The minimum Gasteiger partial charge on any atom is -0.340 e. The van der Waals surface area contributed by atoms with Gasteiger partial charge in [0.2, 0.25) is 0 Å². The first kappa shape index (κ1) is 17.8. The molecular formula is C18H24BrN3O. The third kappa shape index (κ3) is 4.69. The second kappa shape index (κ2) is 8.31. The first-order valence-electron chi connectivity index (χ1n) is 7.93. The summed E-state index contributed by atoms with van der Waals surface area (Å²) in [5.74, 6) is 0.0331. The predicted octanol–water partition coefficient (Wildman–Crippen LogP) is 3.48. The first-order chi connectivity index (χ1) is 11.0. The van der Waals surface area contributed by atoms with Gasteiger partial charge in [-0.3, -0.25) is 4.79 Å². The van der Waals surface area contributed by atoms with Gasteiger partial charge in [-0.2, -0.15) is 0 Å². The molecule has 1 amide bonds. The Kier molecular flexibility index (Phi) is 6.42. The molecule has 2 rings (SSSR count). The van der Waals surface area contributed by atoms with Crippen molar-refractivity contribution in [3.05, 3.63) is 58.3 Å². The monoisotopic (exact) mass is 377 g/mol. The van der Waals surface area contributed by atoms with Crippen LogP contribution in [0.2, 0.25) is 0 Å². The Balaban J connectivity index is 2.15. The van der Waals surface area contributed by atoms with Gasteiger partial charge >= 0.3 is 0 Å². The fourth-order valence-electron chi connectivity index (χ4n) is 2.59. The third-order valence-electron chi connectivity index (χ3n) is 3.79. The number of carbonyl (C=O) groups is 1. The summed E-state index contributed by atoms with van der Waals surface area (Å²) < 4.78 is 2.92. The SMILES string of the molecule is CC(C)n1cc(Br)cc1C(=O)N(CCN)CCc1ccccc1. The number of carbonyl (C=O) groups excluding carboxylic acids is 1. The molecule has 0 aliphatic carbocycles. The Morgan fingerprint density at radius 2 is 1.96 bits per heavy atom. The number of nitrogens with two attached hydrogens (primary N) is 1. The van der Waals surface area contributed by atoms with Gasteiger partial charge in [-0.15, -0.1) is 0 Å². The van der Waals surface area contributed by atoms with Crippen molar-refractivity contribution >= 4 is 21.8 Å². The molecule has 0 fully saturated rings. The summed E-state index contributed by atoms with van der Waals surface area (Å²) in [6.07, 6.45) is 2.78. The number of amides is 1. The molecule has 1 heterocycles. The maximum atomic E-state index is 12.9. The quantitative estimate of drug-likeness (QED) is 0.802. The highest BCUT2D eigenvalue weighted by atomic mass is 79.9. The van der Waals surface area contributed by atoms with Crippen molar-refractivity contribution in [2.75, 3.05) is 19.6 Å². The molecular weight excluding hydrogens is 354 g/mol. The Bertz CT molecular complexity index is 637. The number of hydrogen-bond donors (Lipinski definition) is 1. The summed E-state index contributed by atoms with van der Waals surface area (Å²) in [5, 5.41) is 0. The lowest BCUT2D eigenvalue weighted by Gasteiger charge is -2.23. The maximum Gasteiger partial charge on any atom is 0.270 e. The highest BCUT2D eigenvalue weighted by Gasteiger charge is 2.20. The molecule has 23 heavy (non-hydrogen) atoms. The van der Waals surface area contributed by atoms with E-state index in [1.54, 1.807) is 0 Å². The number of halogens is 1. The maximum absolute atomic E-state index is 12.9. The van der Waals surface area contributed by atoms with Crippen LogP contribution in [0.5, 0.6) is 0 Å². The molecule has 0 atom stereocenters. The van der Waals surface area contributed by atoms with E-state index in [0.717, 1.165) is 10.9 Å². The van der Waals surface area contributed by atoms with Crippen LogP contribution >= 0.6 is 15.9 Å². The summed E-state index contributed by atoms with van der Waals surface area (Å²) in [5.41, 5.74) is 7.63. The van der Waals surface area contributed by atoms with E-state index in [2.05, 4.69) is 41.9 Å². The highest BCUT2D eigenvalue weighted by molar-refractivity contribution is 9.10. The summed E-state index contributed by atoms with van der Waals surface area (Å²) in [6.45, 7) is 5.83. The van der Waals surface area contributed by atoms with Crippen LogP contribution in [0.3, 0.4) is 0 Å². The lowest BCUT2D eigenvalue weighted by atomic mass is 10.1. The standard InChI is InChI=1S/C18H24BrN3O/c1-14(2)22-13-16(19)12-17(22)18(23)21(11-9-20)10-8-15-6-4-3-5-7-15/h3-7,12-14H,8-11,20H2,1-2H3. The number of aromatic nitrogens is 1. The fraction of sp³-hybridized carbons (Fsp3) is 0.389. The molecule has 0 unspecified atom stereocenters. The molecule has 0 radical (unpaired) electrons. The molecule has 5 heteroatoms. The van der Waals surface area contributed by atoms with E-state index in [9.17, 15) is 4.79 Å². The predicted molar refractivity (Wildman–Crippen MR) is 97.6 cm³/mol. The van der Waals surface area contributed by atoms with E-state index < -0.39 is 0 Å². The summed E-state index contributed by atoms with van der Waals surface area (Å²) in [7, 11) is 0. The number of nitrogens with zero attached hydrogens (tertiary/aromatic N) is 2. The zero-order valence-electron chi connectivity index (χ0n) is 13.7. The number of rotatable bonds is 7. The van der Waals surface area contributed by atoms with E-state index >= 15 is 0 Å². The van der Waals surface area contributed by atoms with Gasteiger partial charge in [-0.25, -0.2) is 0 Å². The van der Waals surface area contributed by atoms with Crippen molar-refractivity contribution in [3.63, 3.8) is 0 Å². The zero-order valence-corrected chi connectivity index (χ0v) is 15.3. The van der Waals surface area contributed by atoms with Gasteiger partial charge in [0, 0.05) is 36.3 Å². The summed E-state index contributed by atoms with van der Waals surface area (Å²) >= 11 is 3.47. The van der Waals surface area contributed by atoms with Gasteiger partial charge in [0.15, 0.2) is 0 Å². The van der Waals surface area contributed by atoms with E-state index in [1.165, 1.54) is 5.56 Å². The van der Waals surface area contributed by atoms with Crippen molar-refractivity contribution in [1.82, 2.24) is 9.47 Å². The van der Waals surface area contributed by atoms with Gasteiger partial charge in [0.25, 0.3) is 5.91 Å². The molecule has 0 bridgehead atoms. The molecule has 4 nitrogen and oxygen atoms in total. The van der Waals surface area contributed by atoms with Crippen LogP contribution in [0.15, 0.2) is 47.1 Å². The van der Waals surface area contributed by atoms with Crippen LogP contribution in [0.25, 0.3) is 0 Å². The Labute approximate surface area is 146 Å². The normalized spacial score (nSPS) is 11.0. The van der Waals surface area contributed by atoms with E-state index in [0.29, 0.717) is 25.3 Å². The van der Waals surface area contributed by atoms with Crippen LogP contribution < -0.4 is 5.73 Å². The Morgan fingerprint density at radius 3 is 2.57 bits per heavy atom. The van der Waals surface area contributed by atoms with Crippen molar-refractivity contribution in [1.29, 1.82) is 0 Å². The minimum atomic E-state index is 0.0331. The lowest BCUT2D eigenvalue weighted by molar-refractivity contribution is 0.0749. The molecule has 0 saturated heterocycles. The van der Waals surface area contributed by atoms with Crippen LogP contribution in [-0.4, -0.2) is 35.0 Å². The van der Waals surface area contributed by atoms with Crippen molar-refractivity contribution in [2.45, 2.75) is 26.3 Å². The second-order valence-corrected chi connectivity index (χ2v) is 6.78. The van der Waals surface area contributed by atoms with E-state index in [4.69, 9.17) is 5.73 Å². The van der Waals surface area contributed by atoms with Crippen molar-refractivity contribution in [3.8, 4) is 0 Å². The van der Waals surface area contributed by atoms with E-state index in [-0.39, 0.29) is 11.9 Å². The van der Waals surface area contributed by atoms with Gasteiger partial charge in [0.1, 0.15) is 5.69 Å². The summed E-state index contributed by atoms with van der Waals surface area (Å²) in [4.78, 5) is 14.8. The van der Waals surface area contributed by atoms with Crippen LogP contribution in [0.4, 0.5) is 0 Å². The van der Waals surface area contributed by atoms with Crippen LogP contribution in [0, 0.1) is 0 Å². The highest BCUT2D eigenvalue weighted by Crippen LogP contribution is 2.21. The molecule has 0 aliphatic heterocycles. The molecule has 124 valence electrons. The van der Waals surface area contributed by atoms with E-state index in [1.807, 2.05) is 39.9 Å². The fourth-order valence-corrected chi connectivity index (χ4v) is 3.02. The third-order valence-corrected chi connectivity index (χ3v) is 4.22.